The quantitative estimate of drug-likeness (QED) is 0.483. The first-order valence-electron chi connectivity index (χ1n) is 10.9. The van der Waals surface area contributed by atoms with E-state index in [0.29, 0.717) is 23.3 Å². The molecule has 32 heavy (non-hydrogen) atoms. The van der Waals surface area contributed by atoms with Gasteiger partial charge in [0.15, 0.2) is 5.76 Å². The lowest BCUT2D eigenvalue weighted by atomic mass is 10.0. The number of quaternary nitrogens is 1. The largest absolute Gasteiger partial charge is 0.458 e. The number of amides is 1. The van der Waals surface area contributed by atoms with Crippen molar-refractivity contribution in [2.75, 3.05) is 27.3 Å². The Morgan fingerprint density at radius 2 is 1.84 bits per heavy atom. The van der Waals surface area contributed by atoms with Crippen LogP contribution in [0.4, 0.5) is 4.39 Å². The zero-order valence-electron chi connectivity index (χ0n) is 19.5. The highest BCUT2D eigenvalue weighted by molar-refractivity contribution is 5.80. The Labute approximate surface area is 188 Å². The second kappa shape index (κ2) is 10.1. The molecule has 2 heterocycles. The van der Waals surface area contributed by atoms with E-state index in [2.05, 4.69) is 15.6 Å². The van der Waals surface area contributed by atoms with Crippen molar-refractivity contribution in [2.45, 2.75) is 39.9 Å². The Morgan fingerprint density at radius 3 is 2.50 bits per heavy atom. The number of benzene rings is 1. The molecule has 7 nitrogen and oxygen atoms in total. The summed E-state index contributed by atoms with van der Waals surface area (Å²) in [6.45, 7) is 6.91. The number of hydrogen-bond donors (Lipinski definition) is 1. The van der Waals surface area contributed by atoms with Crippen molar-refractivity contribution in [1.29, 1.82) is 0 Å². The summed E-state index contributed by atoms with van der Waals surface area (Å²) < 4.78 is 20.7. The van der Waals surface area contributed by atoms with Gasteiger partial charge in [-0.1, -0.05) is 48.9 Å². The molecule has 1 amide bonds. The van der Waals surface area contributed by atoms with Crippen molar-refractivity contribution < 1.29 is 18.1 Å². The number of carbonyl (C=O) groups excluding carboxylic acids is 1. The predicted octanol–water partition coefficient (Wildman–Crippen LogP) is 3.91. The molecule has 0 radical (unpaired) electrons. The van der Waals surface area contributed by atoms with E-state index in [9.17, 15) is 9.18 Å². The highest BCUT2D eigenvalue weighted by Gasteiger charge is 2.26. The Kier molecular flexibility index (Phi) is 7.45. The molecule has 0 bridgehead atoms. The van der Waals surface area contributed by atoms with E-state index in [1.165, 1.54) is 5.56 Å². The highest BCUT2D eigenvalue weighted by Crippen LogP contribution is 2.22. The Bertz CT molecular complexity index is 1020. The molecule has 3 aromatic rings. The van der Waals surface area contributed by atoms with Gasteiger partial charge >= 0.3 is 0 Å². The summed E-state index contributed by atoms with van der Waals surface area (Å²) in [7, 11) is 3.92. The van der Waals surface area contributed by atoms with Gasteiger partial charge in [0, 0.05) is 5.56 Å². The van der Waals surface area contributed by atoms with Gasteiger partial charge in [-0.3, -0.25) is 4.79 Å². The van der Waals surface area contributed by atoms with Gasteiger partial charge in [-0.2, -0.15) is 0 Å². The van der Waals surface area contributed by atoms with Crippen LogP contribution in [0.15, 0.2) is 47.0 Å². The zero-order chi connectivity index (χ0) is 23.3. The van der Waals surface area contributed by atoms with E-state index < -0.39 is 6.04 Å². The van der Waals surface area contributed by atoms with Gasteiger partial charge in [-0.05, 0) is 25.0 Å². The third-order valence-electron chi connectivity index (χ3n) is 5.47. The second-order valence-electron chi connectivity index (χ2n) is 9.23. The minimum atomic E-state index is -0.490. The third kappa shape index (κ3) is 6.03. The molecular formula is C24H33FN5O2+. The van der Waals surface area contributed by atoms with Crippen LogP contribution in [-0.4, -0.2) is 52.7 Å². The molecule has 3 rings (SSSR count). The van der Waals surface area contributed by atoms with Crippen LogP contribution in [0.5, 0.6) is 0 Å². The molecular weight excluding hydrogens is 409 g/mol. The fourth-order valence-electron chi connectivity index (χ4n) is 3.61. The maximum atomic E-state index is 13.0. The second-order valence-corrected chi connectivity index (χ2v) is 9.23. The van der Waals surface area contributed by atoms with Gasteiger partial charge < -0.3 is 14.2 Å². The number of aromatic nitrogens is 3. The van der Waals surface area contributed by atoms with Crippen LogP contribution in [0.25, 0.3) is 11.3 Å². The number of aryl methyl sites for hydroxylation is 1. The number of halogens is 1. The van der Waals surface area contributed by atoms with Crippen molar-refractivity contribution in [2.24, 2.45) is 5.92 Å². The molecule has 0 spiro atoms. The number of nitrogens with one attached hydrogen (secondary N) is 1. The maximum absolute atomic E-state index is 13.0. The standard InChI is InChI=1S/C24H32FN5O2/c1-17(2)23(29-15-22(27-28-29)19-8-6-18(3)7-9-19)24(31)26-14-20-10-11-21(32-20)16-30(4,5)13-12-25/h6-11,15,17,23H,12-14,16H2,1-5H3/p+1/t23-/m0/s1. The first-order chi connectivity index (χ1) is 15.2. The van der Waals surface area contributed by atoms with E-state index in [4.69, 9.17) is 4.42 Å². The summed E-state index contributed by atoms with van der Waals surface area (Å²) in [6.07, 6.45) is 1.81. The van der Waals surface area contributed by atoms with Crippen molar-refractivity contribution in [3.8, 4) is 11.3 Å². The van der Waals surface area contributed by atoms with Gasteiger partial charge in [0.05, 0.1) is 26.8 Å². The summed E-state index contributed by atoms with van der Waals surface area (Å²) in [5.41, 5.74) is 2.86. The summed E-state index contributed by atoms with van der Waals surface area (Å²) in [5.74, 6) is 1.31. The van der Waals surface area contributed by atoms with Crippen LogP contribution < -0.4 is 5.32 Å². The van der Waals surface area contributed by atoms with Crippen molar-refractivity contribution >= 4 is 5.91 Å². The number of nitrogens with zero attached hydrogens (tertiary/aromatic N) is 4. The lowest BCUT2D eigenvalue weighted by Gasteiger charge is -2.27. The minimum Gasteiger partial charge on any atom is -0.458 e. The molecule has 0 saturated carbocycles. The average Bonchev–Trinajstić information content (AvgIpc) is 3.36. The third-order valence-corrected chi connectivity index (χ3v) is 5.47. The minimum absolute atomic E-state index is 0.0218. The van der Waals surface area contributed by atoms with E-state index in [1.54, 1.807) is 4.68 Å². The first-order valence-corrected chi connectivity index (χ1v) is 10.9. The predicted molar refractivity (Wildman–Crippen MR) is 121 cm³/mol. The van der Waals surface area contributed by atoms with Gasteiger partial charge in [-0.15, -0.1) is 5.10 Å². The Morgan fingerprint density at radius 1 is 1.16 bits per heavy atom. The fourth-order valence-corrected chi connectivity index (χ4v) is 3.61. The molecule has 1 aromatic carbocycles. The first kappa shape index (κ1) is 23.7. The number of hydrogen-bond acceptors (Lipinski definition) is 4. The van der Waals surface area contributed by atoms with Crippen molar-refractivity contribution in [1.82, 2.24) is 20.3 Å². The van der Waals surface area contributed by atoms with Crippen LogP contribution in [0.3, 0.4) is 0 Å². The normalized spacial score (nSPS) is 12.8. The van der Waals surface area contributed by atoms with Crippen LogP contribution in [0, 0.1) is 12.8 Å². The molecule has 0 aliphatic carbocycles. The van der Waals surface area contributed by atoms with Crippen LogP contribution >= 0.6 is 0 Å². The average molecular weight is 443 g/mol. The van der Waals surface area contributed by atoms with Crippen molar-refractivity contribution in [3.63, 3.8) is 0 Å². The molecule has 1 atom stereocenters. The summed E-state index contributed by atoms with van der Waals surface area (Å²) >= 11 is 0. The maximum Gasteiger partial charge on any atom is 0.245 e. The Balaban J connectivity index is 1.65. The molecule has 0 aliphatic heterocycles. The van der Waals surface area contributed by atoms with Gasteiger partial charge in [0.25, 0.3) is 0 Å². The fraction of sp³-hybridized carbons (Fsp3) is 0.458. The van der Waals surface area contributed by atoms with Gasteiger partial charge in [-0.25, -0.2) is 9.07 Å². The SMILES string of the molecule is Cc1ccc(-c2cn([C@H](C(=O)NCc3ccc(C[N+](C)(C)CCF)o3)C(C)C)nn2)cc1. The van der Waals surface area contributed by atoms with Gasteiger partial charge in [0.2, 0.25) is 5.91 Å². The Hall–Kier alpha value is -3.00. The number of alkyl halides is 1. The molecule has 0 saturated heterocycles. The molecule has 2 aromatic heterocycles. The zero-order valence-corrected chi connectivity index (χ0v) is 19.5. The van der Waals surface area contributed by atoms with E-state index in [0.717, 1.165) is 17.0 Å². The molecule has 8 heteroatoms. The molecule has 0 fully saturated rings. The van der Waals surface area contributed by atoms with Crippen LogP contribution in [0.2, 0.25) is 0 Å². The van der Waals surface area contributed by atoms with E-state index >= 15 is 0 Å². The number of rotatable bonds is 10. The van der Waals surface area contributed by atoms with Crippen molar-refractivity contribution in [3.05, 3.63) is 59.7 Å². The lowest BCUT2D eigenvalue weighted by Crippen LogP contribution is -2.40. The van der Waals surface area contributed by atoms with Crippen LogP contribution in [0.1, 0.15) is 37.0 Å². The molecule has 1 N–H and O–H groups in total. The topological polar surface area (TPSA) is 73.0 Å². The molecule has 172 valence electrons. The van der Waals surface area contributed by atoms with E-state index in [1.807, 2.05) is 77.5 Å². The smallest absolute Gasteiger partial charge is 0.245 e. The molecule has 0 aliphatic rings. The number of carbonyl (C=O) groups is 1. The summed E-state index contributed by atoms with van der Waals surface area (Å²) in [6, 6.07) is 11.3. The summed E-state index contributed by atoms with van der Waals surface area (Å²) in [4.78, 5) is 13.0. The lowest BCUT2D eigenvalue weighted by molar-refractivity contribution is -0.904. The van der Waals surface area contributed by atoms with Crippen LogP contribution in [-0.2, 0) is 17.9 Å². The monoisotopic (exact) mass is 442 g/mol. The van der Waals surface area contributed by atoms with Gasteiger partial charge in [0.1, 0.15) is 37.3 Å². The van der Waals surface area contributed by atoms with E-state index in [-0.39, 0.29) is 25.0 Å². The number of furan rings is 1. The molecule has 0 unspecified atom stereocenters. The summed E-state index contributed by atoms with van der Waals surface area (Å²) in [5, 5.41) is 11.4. The highest BCUT2D eigenvalue weighted by atomic mass is 19.1.